The highest BCUT2D eigenvalue weighted by Gasteiger charge is 2.25. The molecule has 1 aliphatic rings. The van der Waals surface area contributed by atoms with Gasteiger partial charge in [-0.3, -0.25) is 0 Å². The maximum atomic E-state index is 5.26. The van der Waals surface area contributed by atoms with Crippen LogP contribution < -0.4 is 10.1 Å². The van der Waals surface area contributed by atoms with Crippen molar-refractivity contribution in [2.75, 3.05) is 19.4 Å². The second-order valence-electron chi connectivity index (χ2n) is 5.17. The molecule has 106 valence electrons. The van der Waals surface area contributed by atoms with E-state index in [4.69, 9.17) is 4.74 Å². The maximum absolute atomic E-state index is 5.26. The van der Waals surface area contributed by atoms with Gasteiger partial charge in [-0.05, 0) is 55.7 Å². The van der Waals surface area contributed by atoms with E-state index in [-0.39, 0.29) is 0 Å². The van der Waals surface area contributed by atoms with Crippen molar-refractivity contribution in [1.29, 1.82) is 0 Å². The summed E-state index contributed by atoms with van der Waals surface area (Å²) in [5.41, 5.74) is 0. The summed E-state index contributed by atoms with van der Waals surface area (Å²) in [6.45, 7) is 3.31. The number of hydrogen-bond donors (Lipinski definition) is 1. The third kappa shape index (κ3) is 4.43. The minimum atomic E-state index is 0.760. The molecule has 0 spiro atoms. The molecular weight excluding hydrogens is 254 g/mol. The van der Waals surface area contributed by atoms with Crippen LogP contribution in [0.3, 0.4) is 0 Å². The van der Waals surface area contributed by atoms with Gasteiger partial charge in [0.25, 0.3) is 0 Å². The van der Waals surface area contributed by atoms with Crippen LogP contribution in [0, 0.1) is 5.92 Å². The van der Waals surface area contributed by atoms with Crippen molar-refractivity contribution in [3.8, 4) is 5.75 Å². The van der Waals surface area contributed by atoms with Gasteiger partial charge in [0.2, 0.25) is 0 Å². The molecule has 1 aromatic rings. The zero-order valence-electron chi connectivity index (χ0n) is 12.0. The molecule has 2 atom stereocenters. The first-order valence-electron chi connectivity index (χ1n) is 7.33. The minimum Gasteiger partial charge on any atom is -0.497 e. The predicted octanol–water partition coefficient (Wildman–Crippen LogP) is 3.96. The molecule has 0 radical (unpaired) electrons. The van der Waals surface area contributed by atoms with Gasteiger partial charge in [0.1, 0.15) is 5.75 Å². The third-order valence-electron chi connectivity index (χ3n) is 3.92. The Kier molecular flexibility index (Phi) is 6.05. The first-order valence-corrected chi connectivity index (χ1v) is 8.32. The summed E-state index contributed by atoms with van der Waals surface area (Å²) >= 11 is 1.95. The first-order chi connectivity index (χ1) is 9.33. The SMILES string of the molecule is CCNC1CCCC1CCSc1cccc(OC)c1. The average molecular weight is 279 g/mol. The van der Waals surface area contributed by atoms with Gasteiger partial charge in [-0.1, -0.05) is 19.4 Å². The summed E-state index contributed by atoms with van der Waals surface area (Å²) in [7, 11) is 1.73. The first kappa shape index (κ1) is 14.7. The van der Waals surface area contributed by atoms with Gasteiger partial charge in [0, 0.05) is 10.9 Å². The lowest BCUT2D eigenvalue weighted by atomic mass is 10.0. The van der Waals surface area contributed by atoms with Crippen molar-refractivity contribution >= 4 is 11.8 Å². The second kappa shape index (κ2) is 7.81. The van der Waals surface area contributed by atoms with Crippen molar-refractivity contribution in [2.45, 2.75) is 43.5 Å². The molecule has 0 saturated heterocycles. The fourth-order valence-corrected chi connectivity index (χ4v) is 3.96. The van der Waals surface area contributed by atoms with Crippen LogP contribution in [-0.2, 0) is 0 Å². The van der Waals surface area contributed by atoms with Gasteiger partial charge in [0.15, 0.2) is 0 Å². The molecule has 3 heteroatoms. The van der Waals surface area contributed by atoms with E-state index < -0.39 is 0 Å². The molecule has 0 heterocycles. The quantitative estimate of drug-likeness (QED) is 0.763. The van der Waals surface area contributed by atoms with Crippen LogP contribution in [0.15, 0.2) is 29.2 Å². The van der Waals surface area contributed by atoms with Gasteiger partial charge < -0.3 is 10.1 Å². The van der Waals surface area contributed by atoms with E-state index in [0.717, 1.165) is 24.3 Å². The summed E-state index contributed by atoms with van der Waals surface area (Å²) in [5.74, 6) is 3.04. The van der Waals surface area contributed by atoms with Crippen LogP contribution in [-0.4, -0.2) is 25.4 Å². The molecule has 1 aromatic carbocycles. The number of benzene rings is 1. The second-order valence-corrected chi connectivity index (χ2v) is 6.34. The molecule has 2 nitrogen and oxygen atoms in total. The standard InChI is InChI=1S/C16H25NOS/c1-3-17-16-9-4-6-13(16)10-11-19-15-8-5-7-14(12-15)18-2/h5,7-8,12-13,16-17H,3-4,6,9-11H2,1-2H3. The fourth-order valence-electron chi connectivity index (χ4n) is 2.93. The largest absolute Gasteiger partial charge is 0.497 e. The molecule has 2 unspecified atom stereocenters. The molecule has 0 bridgehead atoms. The molecule has 1 saturated carbocycles. The monoisotopic (exact) mass is 279 g/mol. The van der Waals surface area contributed by atoms with E-state index in [0.29, 0.717) is 0 Å². The maximum Gasteiger partial charge on any atom is 0.119 e. The van der Waals surface area contributed by atoms with E-state index in [1.165, 1.54) is 36.3 Å². The number of ether oxygens (including phenoxy) is 1. The fraction of sp³-hybridized carbons (Fsp3) is 0.625. The van der Waals surface area contributed by atoms with E-state index in [2.05, 4.69) is 30.4 Å². The van der Waals surface area contributed by atoms with Crippen LogP contribution in [0.1, 0.15) is 32.6 Å². The lowest BCUT2D eigenvalue weighted by Gasteiger charge is -2.20. The van der Waals surface area contributed by atoms with Gasteiger partial charge >= 0.3 is 0 Å². The van der Waals surface area contributed by atoms with E-state index in [1.807, 2.05) is 17.8 Å². The molecule has 19 heavy (non-hydrogen) atoms. The number of thioether (sulfide) groups is 1. The number of rotatable bonds is 7. The predicted molar refractivity (Wildman–Crippen MR) is 83.1 cm³/mol. The smallest absolute Gasteiger partial charge is 0.119 e. The van der Waals surface area contributed by atoms with Crippen molar-refractivity contribution in [2.24, 2.45) is 5.92 Å². The van der Waals surface area contributed by atoms with E-state index >= 15 is 0 Å². The van der Waals surface area contributed by atoms with E-state index in [9.17, 15) is 0 Å². The van der Waals surface area contributed by atoms with Crippen LogP contribution >= 0.6 is 11.8 Å². The normalized spacial score (nSPS) is 22.6. The molecule has 0 amide bonds. The van der Waals surface area contributed by atoms with Crippen LogP contribution in [0.5, 0.6) is 5.75 Å². The van der Waals surface area contributed by atoms with Crippen molar-refractivity contribution in [1.82, 2.24) is 5.32 Å². The van der Waals surface area contributed by atoms with Gasteiger partial charge in [-0.25, -0.2) is 0 Å². The lowest BCUT2D eigenvalue weighted by Crippen LogP contribution is -2.32. The number of methoxy groups -OCH3 is 1. The summed E-state index contributed by atoms with van der Waals surface area (Å²) in [6.07, 6.45) is 5.48. The Morgan fingerprint density at radius 3 is 3.05 bits per heavy atom. The third-order valence-corrected chi connectivity index (χ3v) is 4.95. The Balaban J connectivity index is 1.76. The molecule has 1 N–H and O–H groups in total. The van der Waals surface area contributed by atoms with Crippen molar-refractivity contribution < 1.29 is 4.74 Å². The molecule has 1 fully saturated rings. The molecular formula is C16H25NOS. The molecule has 0 aromatic heterocycles. The van der Waals surface area contributed by atoms with Crippen molar-refractivity contribution in [3.05, 3.63) is 24.3 Å². The Bertz CT molecular complexity index is 383. The Morgan fingerprint density at radius 2 is 2.26 bits per heavy atom. The number of nitrogens with one attached hydrogen (secondary N) is 1. The average Bonchev–Trinajstić information content (AvgIpc) is 2.87. The van der Waals surface area contributed by atoms with Crippen molar-refractivity contribution in [3.63, 3.8) is 0 Å². The highest BCUT2D eigenvalue weighted by molar-refractivity contribution is 7.99. The topological polar surface area (TPSA) is 21.3 Å². The zero-order chi connectivity index (χ0) is 13.5. The highest BCUT2D eigenvalue weighted by Crippen LogP contribution is 2.31. The summed E-state index contributed by atoms with van der Waals surface area (Å²) in [6, 6.07) is 9.13. The highest BCUT2D eigenvalue weighted by atomic mass is 32.2. The molecule has 0 aliphatic heterocycles. The van der Waals surface area contributed by atoms with Gasteiger partial charge in [-0.15, -0.1) is 11.8 Å². The molecule has 1 aliphatic carbocycles. The summed E-state index contributed by atoms with van der Waals surface area (Å²) in [4.78, 5) is 1.32. The van der Waals surface area contributed by atoms with Crippen LogP contribution in [0.2, 0.25) is 0 Å². The van der Waals surface area contributed by atoms with E-state index in [1.54, 1.807) is 7.11 Å². The zero-order valence-corrected chi connectivity index (χ0v) is 12.8. The van der Waals surface area contributed by atoms with Gasteiger partial charge in [0.05, 0.1) is 7.11 Å². The number of hydrogen-bond acceptors (Lipinski definition) is 3. The van der Waals surface area contributed by atoms with Crippen LogP contribution in [0.4, 0.5) is 0 Å². The summed E-state index contributed by atoms with van der Waals surface area (Å²) in [5, 5.41) is 3.63. The Morgan fingerprint density at radius 1 is 1.37 bits per heavy atom. The Hall–Kier alpha value is -0.670. The molecule has 2 rings (SSSR count). The lowest BCUT2D eigenvalue weighted by molar-refractivity contribution is 0.400. The van der Waals surface area contributed by atoms with Gasteiger partial charge in [-0.2, -0.15) is 0 Å². The minimum absolute atomic E-state index is 0.760. The summed E-state index contributed by atoms with van der Waals surface area (Å²) < 4.78 is 5.26. The van der Waals surface area contributed by atoms with Crippen LogP contribution in [0.25, 0.3) is 0 Å². The Labute approximate surface area is 121 Å².